The van der Waals surface area contributed by atoms with Crippen LogP contribution in [0.3, 0.4) is 0 Å². The van der Waals surface area contributed by atoms with Gasteiger partial charge in [0.25, 0.3) is 0 Å². The highest BCUT2D eigenvalue weighted by atomic mass is 35.5. The first-order chi connectivity index (χ1) is 7.16. The third kappa shape index (κ3) is 2.10. The van der Waals surface area contributed by atoms with Crippen molar-refractivity contribution in [2.24, 2.45) is 0 Å². The minimum absolute atomic E-state index is 0.546. The molecule has 0 spiro atoms. The number of benzene rings is 1. The molecule has 0 aliphatic rings. The maximum Gasteiger partial charge on any atom is 0.123 e. The molecule has 0 radical (unpaired) electrons. The SMILES string of the molecule is Cc1cc(N)ncc1-c1ccc(Cl)cc1. The zero-order chi connectivity index (χ0) is 10.8. The molecule has 0 amide bonds. The first-order valence-corrected chi connectivity index (χ1v) is 5.02. The van der Waals surface area contributed by atoms with Gasteiger partial charge in [0.05, 0.1) is 0 Å². The van der Waals surface area contributed by atoms with Crippen LogP contribution in [0.1, 0.15) is 5.56 Å². The van der Waals surface area contributed by atoms with E-state index in [1.54, 1.807) is 6.20 Å². The first kappa shape index (κ1) is 9.99. The van der Waals surface area contributed by atoms with Crippen LogP contribution in [0.5, 0.6) is 0 Å². The molecule has 2 nitrogen and oxygen atoms in total. The fourth-order valence-corrected chi connectivity index (χ4v) is 1.64. The maximum absolute atomic E-state index is 5.83. The van der Waals surface area contributed by atoms with Crippen molar-refractivity contribution in [2.75, 3.05) is 5.73 Å². The molecule has 0 saturated heterocycles. The lowest BCUT2D eigenvalue weighted by Gasteiger charge is -2.06. The molecule has 0 atom stereocenters. The van der Waals surface area contributed by atoms with Crippen molar-refractivity contribution < 1.29 is 0 Å². The van der Waals surface area contributed by atoms with Gasteiger partial charge in [0.15, 0.2) is 0 Å². The van der Waals surface area contributed by atoms with E-state index in [1.807, 2.05) is 37.3 Å². The number of hydrogen-bond acceptors (Lipinski definition) is 2. The molecule has 2 N–H and O–H groups in total. The molecule has 15 heavy (non-hydrogen) atoms. The molecule has 76 valence electrons. The van der Waals surface area contributed by atoms with Crippen molar-refractivity contribution in [1.29, 1.82) is 0 Å². The number of nitrogen functional groups attached to an aromatic ring is 1. The number of halogens is 1. The number of hydrogen-bond donors (Lipinski definition) is 1. The van der Waals surface area contributed by atoms with Crippen LogP contribution >= 0.6 is 11.6 Å². The summed E-state index contributed by atoms with van der Waals surface area (Å²) >= 11 is 5.83. The van der Waals surface area contributed by atoms with Crippen LogP contribution in [0.2, 0.25) is 5.02 Å². The zero-order valence-electron chi connectivity index (χ0n) is 8.37. The molecule has 2 aromatic rings. The predicted octanol–water partition coefficient (Wildman–Crippen LogP) is 3.29. The van der Waals surface area contributed by atoms with Gasteiger partial charge in [0, 0.05) is 16.8 Å². The molecule has 2 rings (SSSR count). The van der Waals surface area contributed by atoms with Gasteiger partial charge in [-0.15, -0.1) is 0 Å². The van der Waals surface area contributed by atoms with Crippen molar-refractivity contribution >= 4 is 17.4 Å². The zero-order valence-corrected chi connectivity index (χ0v) is 9.12. The molecule has 3 heteroatoms. The molecule has 1 heterocycles. The predicted molar refractivity (Wildman–Crippen MR) is 63.8 cm³/mol. The van der Waals surface area contributed by atoms with E-state index in [1.165, 1.54) is 0 Å². The van der Waals surface area contributed by atoms with E-state index in [2.05, 4.69) is 4.98 Å². The van der Waals surface area contributed by atoms with E-state index in [9.17, 15) is 0 Å². The third-order valence-electron chi connectivity index (χ3n) is 2.29. The van der Waals surface area contributed by atoms with Gasteiger partial charge in [-0.3, -0.25) is 0 Å². The van der Waals surface area contributed by atoms with E-state index in [0.717, 1.165) is 21.7 Å². The van der Waals surface area contributed by atoms with Gasteiger partial charge in [-0.05, 0) is 36.2 Å². The summed E-state index contributed by atoms with van der Waals surface area (Å²) in [6, 6.07) is 9.55. The van der Waals surface area contributed by atoms with Crippen molar-refractivity contribution in [1.82, 2.24) is 4.98 Å². The van der Waals surface area contributed by atoms with Crippen LogP contribution in [0, 0.1) is 6.92 Å². The summed E-state index contributed by atoms with van der Waals surface area (Å²) in [5.74, 6) is 0.546. The Kier molecular flexibility index (Phi) is 2.60. The normalized spacial score (nSPS) is 10.3. The quantitative estimate of drug-likeness (QED) is 0.798. The van der Waals surface area contributed by atoms with Crippen LogP contribution in [0.4, 0.5) is 5.82 Å². The van der Waals surface area contributed by atoms with Gasteiger partial charge < -0.3 is 5.73 Å². The minimum Gasteiger partial charge on any atom is -0.384 e. The van der Waals surface area contributed by atoms with E-state index in [0.29, 0.717) is 5.82 Å². The van der Waals surface area contributed by atoms with Crippen molar-refractivity contribution in [3.05, 3.63) is 47.1 Å². The summed E-state index contributed by atoms with van der Waals surface area (Å²) in [6.07, 6.45) is 1.79. The van der Waals surface area contributed by atoms with Gasteiger partial charge in [-0.2, -0.15) is 0 Å². The second-order valence-corrected chi connectivity index (χ2v) is 3.87. The fourth-order valence-electron chi connectivity index (χ4n) is 1.51. The van der Waals surface area contributed by atoms with Crippen molar-refractivity contribution in [2.45, 2.75) is 6.92 Å². The largest absolute Gasteiger partial charge is 0.384 e. The van der Waals surface area contributed by atoms with Crippen LogP contribution in [0.15, 0.2) is 36.5 Å². The molecule has 0 bridgehead atoms. The number of aryl methyl sites for hydroxylation is 1. The summed E-state index contributed by atoms with van der Waals surface area (Å²) < 4.78 is 0. The maximum atomic E-state index is 5.83. The molecule has 0 fully saturated rings. The van der Waals surface area contributed by atoms with E-state index < -0.39 is 0 Å². The lowest BCUT2D eigenvalue weighted by Crippen LogP contribution is -1.92. The standard InChI is InChI=1S/C12H11ClN2/c1-8-6-12(14)15-7-11(8)9-2-4-10(13)5-3-9/h2-7H,1H3,(H2,14,15). The molecular weight excluding hydrogens is 208 g/mol. The topological polar surface area (TPSA) is 38.9 Å². The Morgan fingerprint density at radius 1 is 1.20 bits per heavy atom. The van der Waals surface area contributed by atoms with E-state index in [4.69, 9.17) is 17.3 Å². The number of nitrogens with zero attached hydrogens (tertiary/aromatic N) is 1. The number of nitrogens with two attached hydrogens (primary N) is 1. The molecule has 0 unspecified atom stereocenters. The van der Waals surface area contributed by atoms with Crippen molar-refractivity contribution in [3.8, 4) is 11.1 Å². The highest BCUT2D eigenvalue weighted by Crippen LogP contribution is 2.24. The number of anilines is 1. The Balaban J connectivity index is 2.49. The molecular formula is C12H11ClN2. The summed E-state index contributed by atoms with van der Waals surface area (Å²) in [6.45, 7) is 2.02. The smallest absolute Gasteiger partial charge is 0.123 e. The first-order valence-electron chi connectivity index (χ1n) is 4.65. The number of aromatic nitrogens is 1. The molecule has 0 aliphatic carbocycles. The molecule has 0 saturated carbocycles. The van der Waals surface area contributed by atoms with E-state index >= 15 is 0 Å². The Labute approximate surface area is 93.7 Å². The monoisotopic (exact) mass is 218 g/mol. The lowest BCUT2D eigenvalue weighted by molar-refractivity contribution is 1.29. The average Bonchev–Trinajstić information content (AvgIpc) is 2.20. The van der Waals surface area contributed by atoms with Gasteiger partial charge >= 0.3 is 0 Å². The second kappa shape index (κ2) is 3.91. The Hall–Kier alpha value is -1.54. The van der Waals surface area contributed by atoms with Crippen LogP contribution < -0.4 is 5.73 Å². The third-order valence-corrected chi connectivity index (χ3v) is 2.54. The van der Waals surface area contributed by atoms with Crippen molar-refractivity contribution in [3.63, 3.8) is 0 Å². The molecule has 0 aliphatic heterocycles. The number of pyridine rings is 1. The van der Waals surface area contributed by atoms with Gasteiger partial charge in [0.1, 0.15) is 5.82 Å². The second-order valence-electron chi connectivity index (χ2n) is 3.43. The number of rotatable bonds is 1. The van der Waals surface area contributed by atoms with Crippen LogP contribution in [-0.2, 0) is 0 Å². The average molecular weight is 219 g/mol. The summed E-state index contributed by atoms with van der Waals surface area (Å²) in [4.78, 5) is 4.08. The Bertz CT molecular complexity index is 477. The van der Waals surface area contributed by atoms with Crippen LogP contribution in [-0.4, -0.2) is 4.98 Å². The highest BCUT2D eigenvalue weighted by Gasteiger charge is 2.02. The highest BCUT2D eigenvalue weighted by molar-refractivity contribution is 6.30. The van der Waals surface area contributed by atoms with Gasteiger partial charge in [-0.25, -0.2) is 4.98 Å². The molecule has 1 aromatic carbocycles. The lowest BCUT2D eigenvalue weighted by atomic mass is 10.0. The van der Waals surface area contributed by atoms with Gasteiger partial charge in [0.2, 0.25) is 0 Å². The summed E-state index contributed by atoms with van der Waals surface area (Å²) in [5.41, 5.74) is 8.90. The Morgan fingerprint density at radius 2 is 1.87 bits per heavy atom. The summed E-state index contributed by atoms with van der Waals surface area (Å²) in [5, 5.41) is 0.736. The summed E-state index contributed by atoms with van der Waals surface area (Å²) in [7, 11) is 0. The molecule has 1 aromatic heterocycles. The van der Waals surface area contributed by atoms with Crippen LogP contribution in [0.25, 0.3) is 11.1 Å². The Morgan fingerprint density at radius 3 is 2.47 bits per heavy atom. The minimum atomic E-state index is 0.546. The van der Waals surface area contributed by atoms with Gasteiger partial charge in [-0.1, -0.05) is 23.7 Å². The van der Waals surface area contributed by atoms with E-state index in [-0.39, 0.29) is 0 Å². The fraction of sp³-hybridized carbons (Fsp3) is 0.0833.